The first-order chi connectivity index (χ1) is 9.47. The number of aryl methyl sites for hydroxylation is 2. The Morgan fingerprint density at radius 3 is 2.70 bits per heavy atom. The number of hydrogen-bond donors (Lipinski definition) is 1. The molecule has 2 aromatic rings. The molecule has 5 heteroatoms. The second kappa shape index (κ2) is 5.36. The van der Waals surface area contributed by atoms with E-state index < -0.39 is 5.97 Å². The zero-order chi connectivity index (χ0) is 14.9. The van der Waals surface area contributed by atoms with Gasteiger partial charge in [-0.1, -0.05) is 12.1 Å². The number of carbonyl (C=O) groups is 1. The number of nitrogens with two attached hydrogens (primary N) is 1. The van der Waals surface area contributed by atoms with Gasteiger partial charge in [-0.2, -0.15) is 0 Å². The molecule has 0 aliphatic rings. The van der Waals surface area contributed by atoms with Crippen LogP contribution >= 0.6 is 0 Å². The van der Waals surface area contributed by atoms with Crippen molar-refractivity contribution in [3.05, 3.63) is 40.8 Å². The van der Waals surface area contributed by atoms with Crippen LogP contribution in [-0.4, -0.2) is 22.1 Å². The lowest BCUT2D eigenvalue weighted by atomic mass is 10.1. The molecular weight excluding hydrogens is 254 g/mol. The summed E-state index contributed by atoms with van der Waals surface area (Å²) in [5, 5.41) is 0. The smallest absolute Gasteiger partial charge is 0.360 e. The van der Waals surface area contributed by atoms with Crippen molar-refractivity contribution in [1.82, 2.24) is 9.55 Å². The molecule has 0 bridgehead atoms. The number of imidazole rings is 1. The largest absolute Gasteiger partial charge is 0.461 e. The van der Waals surface area contributed by atoms with Crippen molar-refractivity contribution in [2.24, 2.45) is 0 Å². The van der Waals surface area contributed by atoms with Crippen LogP contribution in [0.3, 0.4) is 0 Å². The summed E-state index contributed by atoms with van der Waals surface area (Å²) in [6.45, 7) is 7.93. The zero-order valence-electron chi connectivity index (χ0n) is 12.2. The molecule has 0 unspecified atom stereocenters. The number of aromatic nitrogens is 2. The highest BCUT2D eigenvalue weighted by molar-refractivity contribution is 5.92. The second-order valence-corrected chi connectivity index (χ2v) is 4.67. The standard InChI is InChI=1S/C15H19N3O2/c1-5-20-15(19)13-14(16)18(11(4)17-13)12-8-6-7-9(2)10(12)3/h6-8H,5,16H2,1-4H3. The van der Waals surface area contributed by atoms with Crippen molar-refractivity contribution in [2.75, 3.05) is 12.3 Å². The highest BCUT2D eigenvalue weighted by atomic mass is 16.5. The van der Waals surface area contributed by atoms with Crippen LogP contribution < -0.4 is 5.73 Å². The third-order valence-corrected chi connectivity index (χ3v) is 3.37. The molecule has 0 radical (unpaired) electrons. The lowest BCUT2D eigenvalue weighted by molar-refractivity contribution is 0.0521. The van der Waals surface area contributed by atoms with E-state index in [1.807, 2.05) is 39.0 Å². The van der Waals surface area contributed by atoms with E-state index in [4.69, 9.17) is 10.5 Å². The monoisotopic (exact) mass is 273 g/mol. The van der Waals surface area contributed by atoms with Gasteiger partial charge in [0.2, 0.25) is 0 Å². The highest BCUT2D eigenvalue weighted by Gasteiger charge is 2.21. The van der Waals surface area contributed by atoms with Gasteiger partial charge in [-0.05, 0) is 44.9 Å². The predicted molar refractivity (Wildman–Crippen MR) is 78.1 cm³/mol. The third kappa shape index (κ3) is 2.27. The van der Waals surface area contributed by atoms with E-state index in [1.165, 1.54) is 0 Å². The Balaban J connectivity index is 2.59. The van der Waals surface area contributed by atoms with Gasteiger partial charge < -0.3 is 10.5 Å². The Bertz CT molecular complexity index is 659. The Kier molecular flexibility index (Phi) is 3.79. The fourth-order valence-electron chi connectivity index (χ4n) is 2.18. The second-order valence-electron chi connectivity index (χ2n) is 4.67. The van der Waals surface area contributed by atoms with Crippen LogP contribution in [0.4, 0.5) is 5.82 Å². The Morgan fingerprint density at radius 2 is 2.05 bits per heavy atom. The van der Waals surface area contributed by atoms with E-state index in [0.29, 0.717) is 18.2 Å². The van der Waals surface area contributed by atoms with Gasteiger partial charge in [-0.25, -0.2) is 9.78 Å². The van der Waals surface area contributed by atoms with Crippen LogP contribution in [0.25, 0.3) is 5.69 Å². The first-order valence-electron chi connectivity index (χ1n) is 6.55. The quantitative estimate of drug-likeness (QED) is 0.872. The molecule has 0 saturated carbocycles. The summed E-state index contributed by atoms with van der Waals surface area (Å²) in [4.78, 5) is 16.1. The maximum absolute atomic E-state index is 11.8. The number of ether oxygens (including phenoxy) is 1. The van der Waals surface area contributed by atoms with E-state index >= 15 is 0 Å². The number of benzene rings is 1. The summed E-state index contributed by atoms with van der Waals surface area (Å²) in [7, 11) is 0. The third-order valence-electron chi connectivity index (χ3n) is 3.37. The molecule has 0 amide bonds. The van der Waals surface area contributed by atoms with Crippen molar-refractivity contribution in [3.63, 3.8) is 0 Å². The van der Waals surface area contributed by atoms with Gasteiger partial charge in [0, 0.05) is 0 Å². The number of rotatable bonds is 3. The predicted octanol–water partition coefficient (Wildman–Crippen LogP) is 2.56. The summed E-state index contributed by atoms with van der Waals surface area (Å²) in [6, 6.07) is 5.95. The summed E-state index contributed by atoms with van der Waals surface area (Å²) in [5.41, 5.74) is 9.46. The number of nitrogens with zero attached hydrogens (tertiary/aromatic N) is 2. The average Bonchev–Trinajstić information content (AvgIpc) is 2.69. The Labute approximate surface area is 118 Å². The van der Waals surface area contributed by atoms with Crippen molar-refractivity contribution in [1.29, 1.82) is 0 Å². The first-order valence-corrected chi connectivity index (χ1v) is 6.55. The molecule has 0 saturated heterocycles. The molecule has 0 aliphatic carbocycles. The molecule has 2 rings (SSSR count). The maximum atomic E-state index is 11.8. The molecule has 106 valence electrons. The van der Waals surface area contributed by atoms with Crippen molar-refractivity contribution < 1.29 is 9.53 Å². The lowest BCUT2D eigenvalue weighted by Crippen LogP contribution is -2.10. The number of nitrogen functional groups attached to an aromatic ring is 1. The van der Waals surface area contributed by atoms with Crippen LogP contribution in [0.2, 0.25) is 0 Å². The molecule has 0 spiro atoms. The van der Waals surface area contributed by atoms with E-state index in [-0.39, 0.29) is 5.69 Å². The van der Waals surface area contributed by atoms with Crippen molar-refractivity contribution in [3.8, 4) is 5.69 Å². The number of anilines is 1. The van der Waals surface area contributed by atoms with Crippen LogP contribution in [0, 0.1) is 20.8 Å². The molecule has 1 aromatic heterocycles. The van der Waals surface area contributed by atoms with E-state index in [0.717, 1.165) is 16.8 Å². The fourth-order valence-corrected chi connectivity index (χ4v) is 2.18. The fraction of sp³-hybridized carbons (Fsp3) is 0.333. The summed E-state index contributed by atoms with van der Waals surface area (Å²) in [6.07, 6.45) is 0. The molecule has 1 heterocycles. The van der Waals surface area contributed by atoms with E-state index in [1.54, 1.807) is 11.5 Å². The number of carbonyl (C=O) groups excluding carboxylic acids is 1. The van der Waals surface area contributed by atoms with Gasteiger partial charge in [-0.3, -0.25) is 4.57 Å². The van der Waals surface area contributed by atoms with E-state index in [2.05, 4.69) is 4.98 Å². The highest BCUT2D eigenvalue weighted by Crippen LogP contribution is 2.25. The normalized spacial score (nSPS) is 10.6. The lowest BCUT2D eigenvalue weighted by Gasteiger charge is -2.12. The Morgan fingerprint density at radius 1 is 1.35 bits per heavy atom. The summed E-state index contributed by atoms with van der Waals surface area (Å²) in [5.74, 6) is 0.492. The van der Waals surface area contributed by atoms with Gasteiger partial charge in [0.15, 0.2) is 5.69 Å². The van der Waals surface area contributed by atoms with Crippen LogP contribution in [0.1, 0.15) is 34.4 Å². The molecule has 20 heavy (non-hydrogen) atoms. The van der Waals surface area contributed by atoms with Gasteiger partial charge in [0.25, 0.3) is 0 Å². The molecule has 1 aromatic carbocycles. The van der Waals surface area contributed by atoms with Crippen LogP contribution in [0.5, 0.6) is 0 Å². The van der Waals surface area contributed by atoms with Gasteiger partial charge in [0.05, 0.1) is 12.3 Å². The zero-order valence-corrected chi connectivity index (χ0v) is 12.2. The van der Waals surface area contributed by atoms with E-state index in [9.17, 15) is 4.79 Å². The van der Waals surface area contributed by atoms with Gasteiger partial charge >= 0.3 is 5.97 Å². The summed E-state index contributed by atoms with van der Waals surface area (Å²) < 4.78 is 6.76. The number of hydrogen-bond acceptors (Lipinski definition) is 4. The molecule has 0 aliphatic heterocycles. The molecule has 2 N–H and O–H groups in total. The average molecular weight is 273 g/mol. The molecule has 0 atom stereocenters. The Hall–Kier alpha value is -2.30. The minimum atomic E-state index is -0.489. The van der Waals surface area contributed by atoms with Crippen molar-refractivity contribution in [2.45, 2.75) is 27.7 Å². The molecule has 0 fully saturated rings. The van der Waals surface area contributed by atoms with Gasteiger partial charge in [0.1, 0.15) is 11.6 Å². The minimum Gasteiger partial charge on any atom is -0.461 e. The topological polar surface area (TPSA) is 70.1 Å². The SMILES string of the molecule is CCOC(=O)c1nc(C)n(-c2cccc(C)c2C)c1N. The van der Waals surface area contributed by atoms with Crippen LogP contribution in [0.15, 0.2) is 18.2 Å². The summed E-state index contributed by atoms with van der Waals surface area (Å²) >= 11 is 0. The molecular formula is C15H19N3O2. The van der Waals surface area contributed by atoms with Crippen molar-refractivity contribution >= 4 is 11.8 Å². The van der Waals surface area contributed by atoms with Crippen LogP contribution in [-0.2, 0) is 4.74 Å². The maximum Gasteiger partial charge on any atom is 0.360 e. The minimum absolute atomic E-state index is 0.172. The van der Waals surface area contributed by atoms with Gasteiger partial charge in [-0.15, -0.1) is 0 Å². The number of esters is 1. The first kappa shape index (κ1) is 14.1. The molecule has 5 nitrogen and oxygen atoms in total.